The van der Waals surface area contributed by atoms with Gasteiger partial charge in [-0.2, -0.15) is 0 Å². The summed E-state index contributed by atoms with van der Waals surface area (Å²) in [5.74, 6) is 1.11. The lowest BCUT2D eigenvalue weighted by molar-refractivity contribution is 0.311. The topological polar surface area (TPSA) is 66.0 Å². The SMILES string of the molecule is CCCn1nncc1C(N)C1COc2ccccc21. The number of para-hydroxylation sites is 1. The van der Waals surface area contributed by atoms with E-state index in [1.54, 1.807) is 6.20 Å². The third kappa shape index (κ3) is 2.10. The molecule has 0 saturated heterocycles. The Balaban J connectivity index is 1.89. The zero-order valence-corrected chi connectivity index (χ0v) is 11.0. The molecule has 0 fully saturated rings. The first-order valence-electron chi connectivity index (χ1n) is 6.67. The third-order valence-corrected chi connectivity index (χ3v) is 3.59. The predicted molar refractivity (Wildman–Crippen MR) is 71.9 cm³/mol. The minimum atomic E-state index is -0.134. The fraction of sp³-hybridized carbons (Fsp3) is 0.429. The Bertz CT molecular complexity index is 566. The zero-order valence-electron chi connectivity index (χ0n) is 11.0. The van der Waals surface area contributed by atoms with E-state index < -0.39 is 0 Å². The summed E-state index contributed by atoms with van der Waals surface area (Å²) in [5, 5.41) is 8.08. The molecule has 1 aliphatic rings. The molecule has 2 atom stereocenters. The Morgan fingerprint density at radius 1 is 1.47 bits per heavy atom. The van der Waals surface area contributed by atoms with E-state index >= 15 is 0 Å². The highest BCUT2D eigenvalue weighted by Gasteiger charge is 2.31. The molecule has 0 saturated carbocycles. The fourth-order valence-electron chi connectivity index (χ4n) is 2.60. The lowest BCUT2D eigenvalue weighted by Gasteiger charge is -2.18. The van der Waals surface area contributed by atoms with Crippen molar-refractivity contribution >= 4 is 0 Å². The smallest absolute Gasteiger partial charge is 0.122 e. The van der Waals surface area contributed by atoms with Gasteiger partial charge < -0.3 is 10.5 Å². The van der Waals surface area contributed by atoms with Gasteiger partial charge in [0.05, 0.1) is 24.5 Å². The number of rotatable bonds is 4. The van der Waals surface area contributed by atoms with Crippen LogP contribution in [0.1, 0.15) is 36.6 Å². The molecule has 5 heteroatoms. The first-order valence-corrected chi connectivity index (χ1v) is 6.67. The lowest BCUT2D eigenvalue weighted by Crippen LogP contribution is -2.24. The zero-order chi connectivity index (χ0) is 13.2. The molecule has 1 aliphatic heterocycles. The van der Waals surface area contributed by atoms with Gasteiger partial charge in [0.1, 0.15) is 5.75 Å². The number of nitrogens with zero attached hydrogens (tertiary/aromatic N) is 3. The quantitative estimate of drug-likeness (QED) is 0.909. The van der Waals surface area contributed by atoms with Gasteiger partial charge in [0.2, 0.25) is 0 Å². The van der Waals surface area contributed by atoms with Crippen molar-refractivity contribution in [2.24, 2.45) is 5.73 Å². The van der Waals surface area contributed by atoms with Crippen LogP contribution in [0.25, 0.3) is 0 Å². The van der Waals surface area contributed by atoms with E-state index in [1.807, 2.05) is 22.9 Å². The molecular formula is C14H18N4O. The summed E-state index contributed by atoms with van der Waals surface area (Å²) in [6.45, 7) is 3.58. The fourth-order valence-corrected chi connectivity index (χ4v) is 2.60. The van der Waals surface area contributed by atoms with Crippen LogP contribution in [0, 0.1) is 0 Å². The number of aryl methyl sites for hydroxylation is 1. The van der Waals surface area contributed by atoms with Gasteiger partial charge in [0.25, 0.3) is 0 Å². The second kappa shape index (κ2) is 5.01. The van der Waals surface area contributed by atoms with E-state index in [-0.39, 0.29) is 12.0 Å². The second-order valence-corrected chi connectivity index (χ2v) is 4.86. The maximum absolute atomic E-state index is 6.41. The molecule has 2 unspecified atom stereocenters. The standard InChI is InChI=1S/C14H18N4O/c1-2-7-18-12(8-16-17-18)14(15)11-9-19-13-6-4-3-5-10(11)13/h3-6,8,11,14H,2,7,9,15H2,1H3. The average molecular weight is 258 g/mol. The van der Waals surface area contributed by atoms with Crippen LogP contribution in [0.4, 0.5) is 0 Å². The molecule has 3 rings (SSSR count). The Labute approximate surface area is 112 Å². The van der Waals surface area contributed by atoms with Gasteiger partial charge in [-0.25, -0.2) is 4.68 Å². The van der Waals surface area contributed by atoms with E-state index in [0.717, 1.165) is 24.4 Å². The molecule has 19 heavy (non-hydrogen) atoms. The van der Waals surface area contributed by atoms with Gasteiger partial charge in [0, 0.05) is 18.0 Å². The molecule has 1 aromatic heterocycles. The summed E-state index contributed by atoms with van der Waals surface area (Å²) in [6, 6.07) is 7.94. The number of fused-ring (bicyclic) bond motifs is 1. The largest absolute Gasteiger partial charge is 0.493 e. The molecule has 0 radical (unpaired) electrons. The number of ether oxygens (including phenoxy) is 1. The molecule has 1 aromatic carbocycles. The third-order valence-electron chi connectivity index (χ3n) is 3.59. The van der Waals surface area contributed by atoms with Gasteiger partial charge in [-0.05, 0) is 12.5 Å². The summed E-state index contributed by atoms with van der Waals surface area (Å²) in [4.78, 5) is 0. The highest BCUT2D eigenvalue weighted by atomic mass is 16.5. The Morgan fingerprint density at radius 3 is 3.16 bits per heavy atom. The number of nitrogens with two attached hydrogens (primary N) is 1. The van der Waals surface area contributed by atoms with Crippen LogP contribution in [0.2, 0.25) is 0 Å². The highest BCUT2D eigenvalue weighted by molar-refractivity contribution is 5.41. The van der Waals surface area contributed by atoms with Crippen molar-refractivity contribution in [3.05, 3.63) is 41.7 Å². The van der Waals surface area contributed by atoms with E-state index in [9.17, 15) is 0 Å². The van der Waals surface area contributed by atoms with Crippen molar-refractivity contribution in [2.75, 3.05) is 6.61 Å². The first kappa shape index (κ1) is 12.2. The molecule has 0 aliphatic carbocycles. The van der Waals surface area contributed by atoms with E-state index in [4.69, 9.17) is 10.5 Å². The van der Waals surface area contributed by atoms with Crippen molar-refractivity contribution < 1.29 is 4.74 Å². The van der Waals surface area contributed by atoms with Gasteiger partial charge in [-0.3, -0.25) is 0 Å². The van der Waals surface area contributed by atoms with Crippen LogP contribution < -0.4 is 10.5 Å². The van der Waals surface area contributed by atoms with Crippen molar-refractivity contribution in [3.63, 3.8) is 0 Å². The Kier molecular flexibility index (Phi) is 3.21. The number of hydrogen-bond acceptors (Lipinski definition) is 4. The van der Waals surface area contributed by atoms with Crippen LogP contribution in [-0.4, -0.2) is 21.6 Å². The Hall–Kier alpha value is -1.88. The molecule has 100 valence electrons. The molecule has 2 heterocycles. The predicted octanol–water partition coefficient (Wildman–Crippen LogP) is 1.86. The van der Waals surface area contributed by atoms with E-state index in [1.165, 1.54) is 5.56 Å². The summed E-state index contributed by atoms with van der Waals surface area (Å²) in [6.07, 6.45) is 2.78. The minimum Gasteiger partial charge on any atom is -0.493 e. The number of aromatic nitrogens is 3. The monoisotopic (exact) mass is 258 g/mol. The molecule has 0 amide bonds. The normalized spacial score (nSPS) is 18.9. The average Bonchev–Trinajstić information content (AvgIpc) is 3.04. The van der Waals surface area contributed by atoms with Crippen molar-refractivity contribution in [1.29, 1.82) is 0 Å². The molecule has 5 nitrogen and oxygen atoms in total. The van der Waals surface area contributed by atoms with Gasteiger partial charge in [0.15, 0.2) is 0 Å². The number of benzene rings is 1. The summed E-state index contributed by atoms with van der Waals surface area (Å²) in [7, 11) is 0. The van der Waals surface area contributed by atoms with Crippen molar-refractivity contribution in [3.8, 4) is 5.75 Å². The molecule has 0 spiro atoms. The summed E-state index contributed by atoms with van der Waals surface area (Å²) in [5.41, 5.74) is 8.57. The Morgan fingerprint density at radius 2 is 2.32 bits per heavy atom. The van der Waals surface area contributed by atoms with Gasteiger partial charge in [-0.1, -0.05) is 30.3 Å². The van der Waals surface area contributed by atoms with Crippen LogP contribution in [0.15, 0.2) is 30.5 Å². The maximum atomic E-state index is 6.41. The van der Waals surface area contributed by atoms with E-state index in [0.29, 0.717) is 6.61 Å². The molecule has 2 aromatic rings. The van der Waals surface area contributed by atoms with Crippen LogP contribution >= 0.6 is 0 Å². The number of hydrogen-bond donors (Lipinski definition) is 1. The first-order chi connectivity index (χ1) is 9.31. The van der Waals surface area contributed by atoms with Crippen LogP contribution in [0.3, 0.4) is 0 Å². The summed E-state index contributed by atoms with van der Waals surface area (Å²) < 4.78 is 7.59. The van der Waals surface area contributed by atoms with Crippen LogP contribution in [0.5, 0.6) is 5.75 Å². The van der Waals surface area contributed by atoms with Gasteiger partial charge in [-0.15, -0.1) is 5.10 Å². The summed E-state index contributed by atoms with van der Waals surface area (Å²) >= 11 is 0. The van der Waals surface area contributed by atoms with Gasteiger partial charge >= 0.3 is 0 Å². The van der Waals surface area contributed by atoms with Crippen molar-refractivity contribution in [1.82, 2.24) is 15.0 Å². The van der Waals surface area contributed by atoms with E-state index in [2.05, 4.69) is 23.3 Å². The molecular weight excluding hydrogens is 240 g/mol. The lowest BCUT2D eigenvalue weighted by atomic mass is 9.92. The highest BCUT2D eigenvalue weighted by Crippen LogP contribution is 2.39. The minimum absolute atomic E-state index is 0.134. The maximum Gasteiger partial charge on any atom is 0.122 e. The molecule has 0 bridgehead atoms. The second-order valence-electron chi connectivity index (χ2n) is 4.86. The van der Waals surface area contributed by atoms with Crippen LogP contribution in [-0.2, 0) is 6.54 Å². The van der Waals surface area contributed by atoms with Crippen molar-refractivity contribution in [2.45, 2.75) is 31.8 Å². The molecule has 2 N–H and O–H groups in total.